The predicted octanol–water partition coefficient (Wildman–Crippen LogP) is 1.47. The van der Waals surface area contributed by atoms with Crippen molar-refractivity contribution < 1.29 is 19.4 Å². The first-order valence-corrected chi connectivity index (χ1v) is 9.93. The summed E-state index contributed by atoms with van der Waals surface area (Å²) in [6, 6.07) is 12.5. The molecule has 3 N–H and O–H groups in total. The molecule has 0 radical (unpaired) electrons. The lowest BCUT2D eigenvalue weighted by molar-refractivity contribution is -0.130. The summed E-state index contributed by atoms with van der Waals surface area (Å²) < 4.78 is 5.89. The van der Waals surface area contributed by atoms with E-state index >= 15 is 0 Å². The van der Waals surface area contributed by atoms with Gasteiger partial charge in [0.15, 0.2) is 0 Å². The molecule has 0 bridgehead atoms. The van der Waals surface area contributed by atoms with Crippen LogP contribution in [-0.2, 0) is 16.0 Å². The second-order valence-electron chi connectivity index (χ2n) is 7.16. The molecule has 7 nitrogen and oxygen atoms in total. The number of aliphatic hydroxyl groups is 1. The minimum Gasteiger partial charge on any atom is -0.394 e. The largest absolute Gasteiger partial charge is 0.394 e. The van der Waals surface area contributed by atoms with Crippen LogP contribution >= 0.6 is 0 Å². The third kappa shape index (κ3) is 6.37. The van der Waals surface area contributed by atoms with E-state index in [4.69, 9.17) is 4.74 Å². The van der Waals surface area contributed by atoms with Gasteiger partial charge in [-0.25, -0.2) is 0 Å². The Morgan fingerprint density at radius 1 is 1.10 bits per heavy atom. The van der Waals surface area contributed by atoms with Crippen molar-refractivity contribution in [2.45, 2.75) is 43.9 Å². The van der Waals surface area contributed by atoms with Gasteiger partial charge in [0.1, 0.15) is 6.10 Å². The first kappa shape index (κ1) is 21.0. The van der Waals surface area contributed by atoms with Crippen molar-refractivity contribution >= 4 is 11.8 Å². The Kier molecular flexibility index (Phi) is 7.72. The summed E-state index contributed by atoms with van der Waals surface area (Å²) >= 11 is 0. The highest BCUT2D eigenvalue weighted by molar-refractivity contribution is 5.94. The van der Waals surface area contributed by atoms with E-state index < -0.39 is 6.10 Å². The number of hydrogen-bond donors (Lipinski definition) is 3. The highest BCUT2D eigenvalue weighted by atomic mass is 16.5. The first-order valence-electron chi connectivity index (χ1n) is 9.93. The van der Waals surface area contributed by atoms with Crippen LogP contribution in [0.5, 0.6) is 0 Å². The maximum Gasteiger partial charge on any atom is 0.251 e. The summed E-state index contributed by atoms with van der Waals surface area (Å²) in [5.41, 5.74) is 1.69. The molecule has 1 aliphatic heterocycles. The van der Waals surface area contributed by atoms with Crippen LogP contribution in [0.3, 0.4) is 0 Å². The van der Waals surface area contributed by atoms with Crippen LogP contribution in [0.4, 0.5) is 0 Å². The Hall–Kier alpha value is -2.77. The molecule has 1 fully saturated rings. The Morgan fingerprint density at radius 3 is 2.59 bits per heavy atom. The van der Waals surface area contributed by atoms with Crippen LogP contribution < -0.4 is 10.6 Å². The number of pyridine rings is 1. The quantitative estimate of drug-likeness (QED) is 0.626. The van der Waals surface area contributed by atoms with Gasteiger partial charge in [-0.1, -0.05) is 18.2 Å². The van der Waals surface area contributed by atoms with Gasteiger partial charge < -0.3 is 20.5 Å². The topological polar surface area (TPSA) is 101 Å². The van der Waals surface area contributed by atoms with Crippen molar-refractivity contribution in [1.29, 1.82) is 0 Å². The molecule has 7 heteroatoms. The highest BCUT2D eigenvalue weighted by Gasteiger charge is 2.32. The number of carbonyl (C=O) groups is 2. The summed E-state index contributed by atoms with van der Waals surface area (Å²) in [6.07, 6.45) is 4.96. The summed E-state index contributed by atoms with van der Waals surface area (Å²) in [5.74, 6) is -0.266. The summed E-state index contributed by atoms with van der Waals surface area (Å²) in [6.45, 7) is 0.342. The number of aliphatic hydroxyl groups excluding tert-OH is 1. The number of amides is 2. The van der Waals surface area contributed by atoms with Crippen LogP contribution in [-0.4, -0.2) is 53.3 Å². The maximum atomic E-state index is 12.4. The zero-order chi connectivity index (χ0) is 20.5. The number of hydrogen-bond acceptors (Lipinski definition) is 5. The third-order valence-electron chi connectivity index (χ3n) is 5.05. The van der Waals surface area contributed by atoms with Crippen molar-refractivity contribution in [2.24, 2.45) is 0 Å². The van der Waals surface area contributed by atoms with Gasteiger partial charge in [-0.05, 0) is 49.1 Å². The smallest absolute Gasteiger partial charge is 0.251 e. The molecule has 3 rings (SSSR count). The van der Waals surface area contributed by atoms with Crippen LogP contribution in [0.1, 0.15) is 35.2 Å². The zero-order valence-corrected chi connectivity index (χ0v) is 16.3. The fraction of sp³-hybridized carbons (Fsp3) is 0.409. The number of rotatable bonds is 8. The number of ether oxygens (including phenoxy) is 1. The van der Waals surface area contributed by atoms with E-state index in [0.717, 1.165) is 12.0 Å². The number of nitrogens with one attached hydrogen (secondary N) is 2. The Labute approximate surface area is 170 Å². The number of carbonyl (C=O) groups excluding carboxylic acids is 2. The molecule has 2 heterocycles. The monoisotopic (exact) mass is 397 g/mol. The second-order valence-corrected chi connectivity index (χ2v) is 7.16. The summed E-state index contributed by atoms with van der Waals surface area (Å²) in [7, 11) is 0. The summed E-state index contributed by atoms with van der Waals surface area (Å²) in [4.78, 5) is 28.5. The van der Waals surface area contributed by atoms with Gasteiger partial charge in [0.05, 0.1) is 25.2 Å². The van der Waals surface area contributed by atoms with Crippen LogP contribution in [0.25, 0.3) is 0 Å². The number of benzene rings is 1. The average Bonchev–Trinajstić information content (AvgIpc) is 2.76. The van der Waals surface area contributed by atoms with E-state index in [1.165, 1.54) is 0 Å². The first-order chi connectivity index (χ1) is 14.2. The fourth-order valence-electron chi connectivity index (χ4n) is 3.46. The Bertz CT molecular complexity index is 785. The SMILES string of the molecule is O=C(C[C@@H]1CC[C@@H](NC(=O)c2ccccc2)[C@@H](CO)O1)NCCc1ccncc1. The molecule has 0 aliphatic carbocycles. The van der Waals surface area contributed by atoms with Gasteiger partial charge in [-0.2, -0.15) is 0 Å². The molecule has 0 saturated carbocycles. The van der Waals surface area contributed by atoms with Crippen molar-refractivity contribution in [1.82, 2.24) is 15.6 Å². The highest BCUT2D eigenvalue weighted by Crippen LogP contribution is 2.22. The van der Waals surface area contributed by atoms with Crippen LogP contribution in [0.15, 0.2) is 54.9 Å². The van der Waals surface area contributed by atoms with Gasteiger partial charge >= 0.3 is 0 Å². The van der Waals surface area contributed by atoms with Gasteiger partial charge in [0.25, 0.3) is 5.91 Å². The molecule has 2 aromatic rings. The molecule has 1 aromatic carbocycles. The van der Waals surface area contributed by atoms with E-state index in [2.05, 4.69) is 15.6 Å². The van der Waals surface area contributed by atoms with Crippen molar-refractivity contribution in [3.05, 3.63) is 66.0 Å². The molecule has 1 aromatic heterocycles. The minimum absolute atomic E-state index is 0.0764. The molecule has 0 spiro atoms. The van der Waals surface area contributed by atoms with E-state index in [1.54, 1.807) is 36.7 Å². The Balaban J connectivity index is 1.42. The Morgan fingerprint density at radius 2 is 1.86 bits per heavy atom. The molecular formula is C22H27N3O4. The fourth-order valence-corrected chi connectivity index (χ4v) is 3.46. The molecule has 154 valence electrons. The average molecular weight is 397 g/mol. The number of aromatic nitrogens is 1. The summed E-state index contributed by atoms with van der Waals surface area (Å²) in [5, 5.41) is 15.5. The minimum atomic E-state index is -0.522. The van der Waals surface area contributed by atoms with Crippen molar-refractivity contribution in [3.63, 3.8) is 0 Å². The lowest BCUT2D eigenvalue weighted by atomic mass is 9.96. The van der Waals surface area contributed by atoms with Gasteiger partial charge in [-0.3, -0.25) is 14.6 Å². The number of nitrogens with zero attached hydrogens (tertiary/aromatic N) is 1. The normalized spacial score (nSPS) is 21.3. The van der Waals surface area contributed by atoms with Crippen molar-refractivity contribution in [2.75, 3.05) is 13.2 Å². The zero-order valence-electron chi connectivity index (χ0n) is 16.3. The molecule has 2 amide bonds. The van der Waals surface area contributed by atoms with Crippen molar-refractivity contribution in [3.8, 4) is 0 Å². The van der Waals surface area contributed by atoms with E-state index in [-0.39, 0.29) is 37.0 Å². The molecular weight excluding hydrogens is 370 g/mol. The lowest BCUT2D eigenvalue weighted by Gasteiger charge is -2.36. The van der Waals surface area contributed by atoms with E-state index in [1.807, 2.05) is 18.2 Å². The van der Waals surface area contributed by atoms with Gasteiger partial charge in [-0.15, -0.1) is 0 Å². The molecule has 3 atom stereocenters. The molecule has 1 saturated heterocycles. The van der Waals surface area contributed by atoms with Gasteiger partial charge in [0, 0.05) is 24.5 Å². The standard InChI is InChI=1S/C22H27N3O4/c26-15-20-19(25-22(28)17-4-2-1-3-5-17)7-6-18(29-20)14-21(27)24-13-10-16-8-11-23-12-9-16/h1-5,8-9,11-12,18-20,26H,6-7,10,13-15H2,(H,24,27)(H,25,28)/t18-,19+,20+/m0/s1. The molecule has 29 heavy (non-hydrogen) atoms. The second kappa shape index (κ2) is 10.7. The molecule has 0 unspecified atom stereocenters. The van der Waals surface area contributed by atoms with Crippen LogP contribution in [0, 0.1) is 0 Å². The van der Waals surface area contributed by atoms with Crippen LogP contribution in [0.2, 0.25) is 0 Å². The predicted molar refractivity (Wildman–Crippen MR) is 108 cm³/mol. The lowest BCUT2D eigenvalue weighted by Crippen LogP contribution is -2.51. The third-order valence-corrected chi connectivity index (χ3v) is 5.05. The van der Waals surface area contributed by atoms with E-state index in [0.29, 0.717) is 24.9 Å². The van der Waals surface area contributed by atoms with Gasteiger partial charge in [0.2, 0.25) is 5.91 Å². The molecule has 1 aliphatic rings. The maximum absolute atomic E-state index is 12.4. The van der Waals surface area contributed by atoms with E-state index in [9.17, 15) is 14.7 Å².